The van der Waals surface area contributed by atoms with Gasteiger partial charge in [0, 0.05) is 36.1 Å². The monoisotopic (exact) mass is 335 g/mol. The van der Waals surface area contributed by atoms with Crippen LogP contribution >= 0.6 is 11.3 Å². The summed E-state index contributed by atoms with van der Waals surface area (Å²) in [6.45, 7) is 4.90. The molecule has 0 saturated heterocycles. The number of hydrogen-bond donors (Lipinski definition) is 1. The fourth-order valence-corrected chi connectivity index (χ4v) is 3.07. The number of amides is 1. The van der Waals surface area contributed by atoms with Crippen molar-refractivity contribution in [2.24, 2.45) is 0 Å². The molecule has 124 valence electrons. The number of thiazole rings is 1. The van der Waals surface area contributed by atoms with Gasteiger partial charge in [0.15, 0.2) is 0 Å². The van der Waals surface area contributed by atoms with Crippen LogP contribution in [0.5, 0.6) is 0 Å². The van der Waals surface area contributed by atoms with Crippen LogP contribution in [0.2, 0.25) is 0 Å². The minimum atomic E-state index is -0.294. The Morgan fingerprint density at radius 3 is 2.83 bits per heavy atom. The Labute approximate surface area is 140 Å². The molecule has 1 amide bonds. The van der Waals surface area contributed by atoms with Gasteiger partial charge >= 0.3 is 0 Å². The van der Waals surface area contributed by atoms with Crippen molar-refractivity contribution in [1.82, 2.24) is 15.2 Å². The van der Waals surface area contributed by atoms with Gasteiger partial charge in [0.2, 0.25) is 5.91 Å². The van der Waals surface area contributed by atoms with Crippen LogP contribution in [0.4, 0.5) is 4.39 Å². The van der Waals surface area contributed by atoms with Crippen molar-refractivity contribution in [2.75, 3.05) is 13.6 Å². The third-order valence-electron chi connectivity index (χ3n) is 3.78. The molecule has 2 rings (SSSR count). The maximum absolute atomic E-state index is 13.5. The summed E-state index contributed by atoms with van der Waals surface area (Å²) < 4.78 is 13.5. The van der Waals surface area contributed by atoms with E-state index in [0.29, 0.717) is 18.5 Å². The number of benzene rings is 1. The fourth-order valence-electron chi connectivity index (χ4n) is 2.15. The fraction of sp³-hybridized carbons (Fsp3) is 0.412. The first kappa shape index (κ1) is 17.6. The van der Waals surface area contributed by atoms with Crippen molar-refractivity contribution < 1.29 is 9.18 Å². The van der Waals surface area contributed by atoms with E-state index in [0.717, 1.165) is 10.7 Å². The Morgan fingerprint density at radius 1 is 1.43 bits per heavy atom. The molecule has 2 aromatic rings. The molecule has 0 aliphatic heterocycles. The summed E-state index contributed by atoms with van der Waals surface area (Å²) in [4.78, 5) is 18.5. The lowest BCUT2D eigenvalue weighted by Crippen LogP contribution is -2.30. The standard InChI is InChI=1S/C17H22FN3OS/c1-12-11-23-17(20-12)13(2)21(3)9-8-16(22)19-10-14-6-4-5-7-15(14)18/h4-7,11,13H,8-10H2,1-3H3,(H,19,22)/t13-/m0/s1. The first-order valence-electron chi connectivity index (χ1n) is 7.59. The minimum absolute atomic E-state index is 0.0809. The summed E-state index contributed by atoms with van der Waals surface area (Å²) in [6.07, 6.45) is 0.375. The lowest BCUT2D eigenvalue weighted by molar-refractivity contribution is -0.121. The lowest BCUT2D eigenvalue weighted by atomic mass is 10.2. The van der Waals surface area contributed by atoms with E-state index < -0.39 is 0 Å². The Bertz CT molecular complexity index is 659. The number of aryl methyl sites for hydroxylation is 1. The summed E-state index contributed by atoms with van der Waals surface area (Å²) >= 11 is 1.63. The van der Waals surface area contributed by atoms with Crippen LogP contribution in [0.15, 0.2) is 29.6 Å². The van der Waals surface area contributed by atoms with Gasteiger partial charge in [-0.1, -0.05) is 18.2 Å². The quantitative estimate of drug-likeness (QED) is 0.844. The van der Waals surface area contributed by atoms with Crippen molar-refractivity contribution in [1.29, 1.82) is 0 Å². The first-order valence-corrected chi connectivity index (χ1v) is 8.47. The molecular formula is C17H22FN3OS. The second-order valence-corrected chi connectivity index (χ2v) is 6.49. The van der Waals surface area contributed by atoms with E-state index in [4.69, 9.17) is 0 Å². The van der Waals surface area contributed by atoms with Crippen LogP contribution in [0.25, 0.3) is 0 Å². The molecule has 1 aromatic carbocycles. The van der Waals surface area contributed by atoms with Crippen LogP contribution < -0.4 is 5.32 Å². The number of hydrogen-bond acceptors (Lipinski definition) is 4. The molecule has 1 aromatic heterocycles. The largest absolute Gasteiger partial charge is 0.352 e. The molecule has 0 aliphatic rings. The SMILES string of the molecule is Cc1csc([C@H](C)N(C)CCC(=O)NCc2ccccc2F)n1. The van der Waals surface area contributed by atoms with E-state index in [2.05, 4.69) is 22.1 Å². The molecule has 0 radical (unpaired) electrons. The molecule has 4 nitrogen and oxygen atoms in total. The topological polar surface area (TPSA) is 45.2 Å². The van der Waals surface area contributed by atoms with E-state index in [1.807, 2.05) is 19.4 Å². The van der Waals surface area contributed by atoms with E-state index in [1.54, 1.807) is 29.5 Å². The predicted octanol–water partition coefficient (Wildman–Crippen LogP) is 3.29. The van der Waals surface area contributed by atoms with Crippen molar-refractivity contribution in [2.45, 2.75) is 32.9 Å². The van der Waals surface area contributed by atoms with Crippen molar-refractivity contribution in [3.63, 3.8) is 0 Å². The number of rotatable bonds is 7. The normalized spacial score (nSPS) is 12.4. The van der Waals surface area contributed by atoms with E-state index >= 15 is 0 Å². The van der Waals surface area contributed by atoms with Crippen molar-refractivity contribution >= 4 is 17.2 Å². The molecule has 0 aliphatic carbocycles. The predicted molar refractivity (Wildman–Crippen MR) is 90.8 cm³/mol. The summed E-state index contributed by atoms with van der Waals surface area (Å²) in [6, 6.07) is 6.64. The maximum atomic E-state index is 13.5. The zero-order valence-corrected chi connectivity index (χ0v) is 14.5. The molecule has 0 spiro atoms. The second-order valence-electron chi connectivity index (χ2n) is 5.60. The highest BCUT2D eigenvalue weighted by Gasteiger charge is 2.15. The second kappa shape index (κ2) is 8.17. The molecule has 0 unspecified atom stereocenters. The van der Waals surface area contributed by atoms with Crippen LogP contribution in [0.1, 0.15) is 35.7 Å². The van der Waals surface area contributed by atoms with Gasteiger partial charge in [0.25, 0.3) is 0 Å². The minimum Gasteiger partial charge on any atom is -0.352 e. The highest BCUT2D eigenvalue weighted by molar-refractivity contribution is 7.09. The Hall–Kier alpha value is -1.79. The smallest absolute Gasteiger partial charge is 0.221 e. The van der Waals surface area contributed by atoms with E-state index in [-0.39, 0.29) is 24.3 Å². The molecule has 0 fully saturated rings. The molecule has 6 heteroatoms. The zero-order chi connectivity index (χ0) is 16.8. The average Bonchev–Trinajstić information content (AvgIpc) is 2.97. The summed E-state index contributed by atoms with van der Waals surface area (Å²) in [7, 11) is 1.98. The molecule has 1 atom stereocenters. The number of carbonyl (C=O) groups excluding carboxylic acids is 1. The third kappa shape index (κ3) is 5.11. The zero-order valence-electron chi connectivity index (χ0n) is 13.7. The van der Waals surface area contributed by atoms with Crippen LogP contribution in [-0.2, 0) is 11.3 Å². The molecule has 23 heavy (non-hydrogen) atoms. The van der Waals surface area contributed by atoms with Crippen molar-refractivity contribution in [3.05, 3.63) is 51.7 Å². The van der Waals surface area contributed by atoms with Gasteiger partial charge in [0.1, 0.15) is 10.8 Å². The van der Waals surface area contributed by atoms with Gasteiger partial charge in [-0.15, -0.1) is 11.3 Å². The number of nitrogens with zero attached hydrogens (tertiary/aromatic N) is 2. The highest BCUT2D eigenvalue weighted by atomic mass is 32.1. The number of aromatic nitrogens is 1. The Balaban J connectivity index is 1.76. The molecular weight excluding hydrogens is 313 g/mol. The average molecular weight is 335 g/mol. The molecule has 1 N–H and O–H groups in total. The summed E-state index contributed by atoms with van der Waals surface area (Å²) in [5, 5.41) is 5.84. The van der Waals surface area contributed by atoms with Crippen LogP contribution in [0.3, 0.4) is 0 Å². The van der Waals surface area contributed by atoms with Gasteiger partial charge in [0.05, 0.1) is 6.04 Å². The van der Waals surface area contributed by atoms with Crippen molar-refractivity contribution in [3.8, 4) is 0 Å². The van der Waals surface area contributed by atoms with Gasteiger partial charge in [-0.25, -0.2) is 9.37 Å². The maximum Gasteiger partial charge on any atom is 0.221 e. The third-order valence-corrected chi connectivity index (χ3v) is 4.91. The molecule has 0 saturated carbocycles. The van der Waals surface area contributed by atoms with Crippen LogP contribution in [-0.4, -0.2) is 29.4 Å². The number of halogens is 1. The number of carbonyl (C=O) groups is 1. The molecule has 1 heterocycles. The Morgan fingerprint density at radius 2 is 2.17 bits per heavy atom. The Kier molecular flexibility index (Phi) is 6.24. The van der Waals surface area contributed by atoms with Gasteiger partial charge < -0.3 is 5.32 Å². The van der Waals surface area contributed by atoms with Gasteiger partial charge in [-0.05, 0) is 27.0 Å². The highest BCUT2D eigenvalue weighted by Crippen LogP contribution is 2.22. The summed E-state index contributed by atoms with van der Waals surface area (Å²) in [5.74, 6) is -0.375. The first-order chi connectivity index (χ1) is 11.0. The molecule has 0 bridgehead atoms. The van der Waals surface area contributed by atoms with Gasteiger partial charge in [-0.3, -0.25) is 9.69 Å². The lowest BCUT2D eigenvalue weighted by Gasteiger charge is -2.22. The number of nitrogens with one attached hydrogen (secondary N) is 1. The van der Waals surface area contributed by atoms with Gasteiger partial charge in [-0.2, -0.15) is 0 Å². The summed E-state index contributed by atoms with van der Waals surface area (Å²) in [5.41, 5.74) is 1.52. The van der Waals surface area contributed by atoms with Crippen LogP contribution in [0, 0.1) is 12.7 Å². The van der Waals surface area contributed by atoms with E-state index in [9.17, 15) is 9.18 Å². The van der Waals surface area contributed by atoms with E-state index in [1.165, 1.54) is 6.07 Å².